The number of nitrogens with zero attached hydrogens (tertiary/aromatic N) is 3. The number of hydrogen-bond donors (Lipinski definition) is 1. The number of anilines is 1. The molecule has 118 valence electrons. The van der Waals surface area contributed by atoms with Gasteiger partial charge in [0.05, 0.1) is 6.61 Å². The molecule has 1 saturated heterocycles. The molecule has 1 aliphatic heterocycles. The fraction of sp³-hybridized carbons (Fsp3) is 0.733. The highest BCUT2D eigenvalue weighted by Crippen LogP contribution is 2.15. The molecule has 0 spiro atoms. The van der Waals surface area contributed by atoms with Crippen LogP contribution in [0.4, 0.5) is 5.82 Å². The smallest absolute Gasteiger partial charge is 0.293 e. The summed E-state index contributed by atoms with van der Waals surface area (Å²) in [4.78, 5) is 18.5. The predicted octanol–water partition coefficient (Wildman–Crippen LogP) is 0.764. The fourth-order valence-electron chi connectivity index (χ4n) is 2.75. The van der Waals surface area contributed by atoms with Crippen LogP contribution < -0.4 is 15.8 Å². The van der Waals surface area contributed by atoms with E-state index >= 15 is 0 Å². The molecule has 0 bridgehead atoms. The van der Waals surface area contributed by atoms with Gasteiger partial charge < -0.3 is 19.5 Å². The van der Waals surface area contributed by atoms with Crippen molar-refractivity contribution < 1.29 is 4.74 Å². The average Bonchev–Trinajstić information content (AvgIpc) is 2.48. The monoisotopic (exact) mass is 294 g/mol. The number of rotatable bonds is 6. The second-order valence-electron chi connectivity index (χ2n) is 5.68. The first-order chi connectivity index (χ1) is 10.1. The Morgan fingerprint density at radius 2 is 2.38 bits per heavy atom. The predicted molar refractivity (Wildman–Crippen MR) is 83.8 cm³/mol. The number of ether oxygens (including phenoxy) is 1. The number of piperidine rings is 1. The minimum atomic E-state index is -0.0273. The molecule has 2 heterocycles. The molecular weight excluding hydrogens is 268 g/mol. The van der Waals surface area contributed by atoms with Crippen LogP contribution >= 0.6 is 0 Å². The molecule has 1 aromatic heterocycles. The zero-order valence-electron chi connectivity index (χ0n) is 13.2. The standard InChI is InChI=1S/C15H26N4O2/c1-4-21-11-12(2)17-13-6-5-8-19(10-13)14-15(20)18(3)9-7-16-14/h7,9,12-13,17H,4-6,8,10-11H2,1-3H3/t12-,13-/m1/s1. The Morgan fingerprint density at radius 3 is 3.14 bits per heavy atom. The van der Waals surface area contributed by atoms with E-state index in [-0.39, 0.29) is 5.56 Å². The zero-order chi connectivity index (χ0) is 15.2. The van der Waals surface area contributed by atoms with E-state index in [0.29, 0.717) is 17.9 Å². The van der Waals surface area contributed by atoms with Crippen LogP contribution in [0, 0.1) is 0 Å². The van der Waals surface area contributed by atoms with Gasteiger partial charge in [-0.3, -0.25) is 4.79 Å². The van der Waals surface area contributed by atoms with Gasteiger partial charge in [0.25, 0.3) is 5.56 Å². The molecule has 0 amide bonds. The van der Waals surface area contributed by atoms with Crippen LogP contribution in [0.5, 0.6) is 0 Å². The Morgan fingerprint density at radius 1 is 1.57 bits per heavy atom. The summed E-state index contributed by atoms with van der Waals surface area (Å²) in [6.45, 7) is 7.32. The third kappa shape index (κ3) is 4.28. The minimum absolute atomic E-state index is 0.0273. The van der Waals surface area contributed by atoms with Crippen LogP contribution in [0.1, 0.15) is 26.7 Å². The van der Waals surface area contributed by atoms with Crippen LogP contribution in [0.25, 0.3) is 0 Å². The van der Waals surface area contributed by atoms with Crippen LogP contribution in [0.2, 0.25) is 0 Å². The Balaban J connectivity index is 1.97. The lowest BCUT2D eigenvalue weighted by Gasteiger charge is -2.35. The van der Waals surface area contributed by atoms with E-state index in [1.54, 1.807) is 24.0 Å². The molecule has 1 aromatic rings. The summed E-state index contributed by atoms with van der Waals surface area (Å²) < 4.78 is 7.02. The first-order valence-corrected chi connectivity index (χ1v) is 7.72. The van der Waals surface area contributed by atoms with Crippen molar-refractivity contribution in [2.24, 2.45) is 7.05 Å². The first-order valence-electron chi connectivity index (χ1n) is 7.72. The molecule has 2 rings (SSSR count). The van der Waals surface area contributed by atoms with Gasteiger partial charge in [0.2, 0.25) is 0 Å². The summed E-state index contributed by atoms with van der Waals surface area (Å²) in [5.41, 5.74) is -0.0273. The molecular formula is C15H26N4O2. The van der Waals surface area contributed by atoms with E-state index in [4.69, 9.17) is 4.74 Å². The van der Waals surface area contributed by atoms with E-state index in [0.717, 1.165) is 39.1 Å². The zero-order valence-corrected chi connectivity index (χ0v) is 13.2. The van der Waals surface area contributed by atoms with Crippen LogP contribution in [-0.2, 0) is 11.8 Å². The van der Waals surface area contributed by atoms with Crippen molar-refractivity contribution in [3.63, 3.8) is 0 Å². The SMILES string of the molecule is CCOC[C@@H](C)N[C@@H]1CCCN(c2nccn(C)c2=O)C1. The van der Waals surface area contributed by atoms with Crippen molar-refractivity contribution in [1.82, 2.24) is 14.9 Å². The van der Waals surface area contributed by atoms with E-state index in [1.807, 2.05) is 6.92 Å². The van der Waals surface area contributed by atoms with Gasteiger partial charge in [-0.25, -0.2) is 4.98 Å². The van der Waals surface area contributed by atoms with Crippen LogP contribution in [0.15, 0.2) is 17.2 Å². The van der Waals surface area contributed by atoms with Crippen LogP contribution in [-0.4, -0.2) is 47.9 Å². The molecule has 6 nitrogen and oxygen atoms in total. The van der Waals surface area contributed by atoms with E-state index in [9.17, 15) is 4.79 Å². The van der Waals surface area contributed by atoms with Gasteiger partial charge in [0.15, 0.2) is 5.82 Å². The van der Waals surface area contributed by atoms with Crippen molar-refractivity contribution in [1.29, 1.82) is 0 Å². The molecule has 0 radical (unpaired) electrons. The van der Waals surface area contributed by atoms with Crippen molar-refractivity contribution in [2.75, 3.05) is 31.2 Å². The van der Waals surface area contributed by atoms with Gasteiger partial charge in [-0.05, 0) is 26.7 Å². The molecule has 1 fully saturated rings. The van der Waals surface area contributed by atoms with Gasteiger partial charge in [0, 0.05) is 51.2 Å². The topological polar surface area (TPSA) is 59.4 Å². The number of aryl methyl sites for hydroxylation is 1. The summed E-state index contributed by atoms with van der Waals surface area (Å²) >= 11 is 0. The third-order valence-corrected chi connectivity index (χ3v) is 3.81. The van der Waals surface area contributed by atoms with Crippen molar-refractivity contribution in [2.45, 2.75) is 38.8 Å². The highest BCUT2D eigenvalue weighted by molar-refractivity contribution is 5.36. The van der Waals surface area contributed by atoms with Crippen LogP contribution in [0.3, 0.4) is 0 Å². The van der Waals surface area contributed by atoms with Crippen molar-refractivity contribution >= 4 is 5.82 Å². The molecule has 1 N–H and O–H groups in total. The van der Waals surface area contributed by atoms with Gasteiger partial charge in [-0.2, -0.15) is 0 Å². The lowest BCUT2D eigenvalue weighted by Crippen LogP contribution is -2.51. The maximum atomic E-state index is 12.2. The maximum absolute atomic E-state index is 12.2. The van der Waals surface area contributed by atoms with Gasteiger partial charge in [0.1, 0.15) is 0 Å². The highest BCUT2D eigenvalue weighted by Gasteiger charge is 2.23. The van der Waals surface area contributed by atoms with E-state index in [2.05, 4.69) is 22.1 Å². The fourth-order valence-corrected chi connectivity index (χ4v) is 2.75. The average molecular weight is 294 g/mol. The Kier molecular flexibility index (Phi) is 5.76. The molecule has 1 aliphatic rings. The van der Waals surface area contributed by atoms with Gasteiger partial charge in [-0.15, -0.1) is 0 Å². The van der Waals surface area contributed by atoms with Gasteiger partial charge in [-0.1, -0.05) is 0 Å². The van der Waals surface area contributed by atoms with E-state index in [1.165, 1.54) is 0 Å². The second kappa shape index (κ2) is 7.56. The highest BCUT2D eigenvalue weighted by atomic mass is 16.5. The lowest BCUT2D eigenvalue weighted by molar-refractivity contribution is 0.122. The number of hydrogen-bond acceptors (Lipinski definition) is 5. The van der Waals surface area contributed by atoms with Crippen molar-refractivity contribution in [3.05, 3.63) is 22.7 Å². The first kappa shape index (κ1) is 16.0. The normalized spacial score (nSPS) is 20.5. The van der Waals surface area contributed by atoms with E-state index < -0.39 is 0 Å². The molecule has 0 unspecified atom stereocenters. The Hall–Kier alpha value is -1.40. The Bertz CT molecular complexity index is 503. The molecule has 21 heavy (non-hydrogen) atoms. The summed E-state index contributed by atoms with van der Waals surface area (Å²) in [6, 6.07) is 0.697. The molecule has 0 aliphatic carbocycles. The summed E-state index contributed by atoms with van der Waals surface area (Å²) in [5, 5.41) is 3.58. The number of nitrogens with one attached hydrogen (secondary N) is 1. The van der Waals surface area contributed by atoms with Crippen molar-refractivity contribution in [3.8, 4) is 0 Å². The third-order valence-electron chi connectivity index (χ3n) is 3.81. The lowest BCUT2D eigenvalue weighted by atomic mass is 10.0. The quantitative estimate of drug-likeness (QED) is 0.839. The molecule has 6 heteroatoms. The largest absolute Gasteiger partial charge is 0.380 e. The second-order valence-corrected chi connectivity index (χ2v) is 5.68. The van der Waals surface area contributed by atoms with Gasteiger partial charge >= 0.3 is 0 Å². The minimum Gasteiger partial charge on any atom is -0.380 e. The number of aromatic nitrogens is 2. The summed E-state index contributed by atoms with van der Waals surface area (Å²) in [7, 11) is 1.76. The molecule has 0 saturated carbocycles. The Labute approximate surface area is 126 Å². The molecule has 2 atom stereocenters. The maximum Gasteiger partial charge on any atom is 0.293 e. The summed E-state index contributed by atoms with van der Waals surface area (Å²) in [5.74, 6) is 0.559. The molecule has 0 aromatic carbocycles. The summed E-state index contributed by atoms with van der Waals surface area (Å²) in [6.07, 6.45) is 5.57.